The lowest BCUT2D eigenvalue weighted by atomic mass is 10.1. The van der Waals surface area contributed by atoms with Crippen LogP contribution in [0.25, 0.3) is 11.2 Å². The van der Waals surface area contributed by atoms with E-state index in [1.165, 1.54) is 6.07 Å². The molecule has 0 bridgehead atoms. The van der Waals surface area contributed by atoms with Crippen LogP contribution < -0.4 is 15.6 Å². The Labute approximate surface area is 201 Å². The van der Waals surface area contributed by atoms with Gasteiger partial charge in [-0.15, -0.1) is 0 Å². The molecule has 184 valence electrons. The molecule has 0 unspecified atom stereocenters. The summed E-state index contributed by atoms with van der Waals surface area (Å²) in [6, 6.07) is 1.28. The quantitative estimate of drug-likeness (QED) is 0.466. The number of hydrogen-bond acceptors (Lipinski definition) is 7. The minimum atomic E-state index is -0.607. The maximum absolute atomic E-state index is 12.9. The average Bonchev–Trinajstić information content (AvgIpc) is 3.59. The number of nitrogens with zero attached hydrogens (tertiary/aromatic N) is 5. The van der Waals surface area contributed by atoms with Gasteiger partial charge in [0.1, 0.15) is 11.3 Å². The molecule has 35 heavy (non-hydrogen) atoms. The van der Waals surface area contributed by atoms with Crippen LogP contribution in [0.2, 0.25) is 0 Å². The lowest BCUT2D eigenvalue weighted by molar-refractivity contribution is 0.0642. The first-order valence-electron chi connectivity index (χ1n) is 11.9. The highest BCUT2D eigenvalue weighted by molar-refractivity contribution is 6.04. The lowest BCUT2D eigenvalue weighted by Gasteiger charge is -2.35. The molecular formula is C24H29N7O4. The van der Waals surface area contributed by atoms with Crippen LogP contribution in [-0.4, -0.2) is 74.1 Å². The number of nitrogens with one attached hydrogen (secondary N) is 2. The SMILES string of the molecule is CC(C)N1CCn2c(N(C)CCNC(=O)c3c[nH]c4ncc(C5CC5)nc34)cc(=O)c(O)c2C1=O. The van der Waals surface area contributed by atoms with Crippen molar-refractivity contribution in [2.45, 2.75) is 45.2 Å². The van der Waals surface area contributed by atoms with Gasteiger partial charge in [-0.3, -0.25) is 14.4 Å². The summed E-state index contributed by atoms with van der Waals surface area (Å²) in [7, 11) is 1.78. The Kier molecular flexibility index (Phi) is 5.70. The number of hydrogen-bond donors (Lipinski definition) is 3. The van der Waals surface area contributed by atoms with Gasteiger partial charge in [0.2, 0.25) is 5.43 Å². The number of anilines is 1. The number of pyridine rings is 1. The highest BCUT2D eigenvalue weighted by Crippen LogP contribution is 2.39. The third kappa shape index (κ3) is 4.11. The van der Waals surface area contributed by atoms with Crippen LogP contribution in [-0.2, 0) is 6.54 Å². The number of amides is 2. The van der Waals surface area contributed by atoms with Crippen LogP contribution >= 0.6 is 0 Å². The van der Waals surface area contributed by atoms with E-state index in [1.807, 2.05) is 13.8 Å². The second kappa shape index (κ2) is 8.71. The first-order chi connectivity index (χ1) is 16.8. The molecule has 3 N–H and O–H groups in total. The fraction of sp³-hybridized carbons (Fsp3) is 0.458. The zero-order chi connectivity index (χ0) is 24.9. The minimum absolute atomic E-state index is 0.00664. The van der Waals surface area contributed by atoms with E-state index >= 15 is 0 Å². The van der Waals surface area contributed by atoms with Gasteiger partial charge in [-0.25, -0.2) is 9.97 Å². The Morgan fingerprint density at radius 3 is 2.80 bits per heavy atom. The molecule has 1 aliphatic carbocycles. The molecule has 11 heteroatoms. The number of aromatic amines is 1. The largest absolute Gasteiger partial charge is 0.503 e. The second-order valence-electron chi connectivity index (χ2n) is 9.45. The van der Waals surface area contributed by atoms with Crippen molar-refractivity contribution in [3.63, 3.8) is 0 Å². The monoisotopic (exact) mass is 479 g/mol. The Bertz CT molecular complexity index is 1370. The number of carbonyl (C=O) groups is 2. The fourth-order valence-corrected chi connectivity index (χ4v) is 4.52. The molecule has 0 aromatic carbocycles. The molecule has 1 saturated carbocycles. The molecule has 0 radical (unpaired) electrons. The van der Waals surface area contributed by atoms with E-state index in [0.29, 0.717) is 54.6 Å². The third-order valence-electron chi connectivity index (χ3n) is 6.68. The number of fused-ring (bicyclic) bond motifs is 2. The molecule has 0 atom stereocenters. The highest BCUT2D eigenvalue weighted by Gasteiger charge is 2.32. The molecule has 1 aliphatic heterocycles. The van der Waals surface area contributed by atoms with Crippen molar-refractivity contribution in [1.29, 1.82) is 0 Å². The summed E-state index contributed by atoms with van der Waals surface area (Å²) in [4.78, 5) is 53.7. The van der Waals surface area contributed by atoms with Gasteiger partial charge in [0, 0.05) is 57.4 Å². The first kappa shape index (κ1) is 22.9. The Morgan fingerprint density at radius 1 is 1.31 bits per heavy atom. The van der Waals surface area contributed by atoms with Crippen LogP contribution in [0.1, 0.15) is 59.1 Å². The predicted molar refractivity (Wildman–Crippen MR) is 130 cm³/mol. The number of rotatable bonds is 7. The van der Waals surface area contributed by atoms with Crippen molar-refractivity contribution in [1.82, 2.24) is 29.7 Å². The zero-order valence-corrected chi connectivity index (χ0v) is 20.0. The average molecular weight is 480 g/mol. The molecule has 0 spiro atoms. The second-order valence-corrected chi connectivity index (χ2v) is 9.45. The zero-order valence-electron chi connectivity index (χ0n) is 20.0. The van der Waals surface area contributed by atoms with Crippen molar-refractivity contribution < 1.29 is 14.7 Å². The van der Waals surface area contributed by atoms with Crippen molar-refractivity contribution in [3.05, 3.63) is 45.6 Å². The van der Waals surface area contributed by atoms with Gasteiger partial charge >= 0.3 is 0 Å². The van der Waals surface area contributed by atoms with Crippen LogP contribution in [0.4, 0.5) is 5.82 Å². The van der Waals surface area contributed by atoms with Gasteiger partial charge in [-0.05, 0) is 26.7 Å². The summed E-state index contributed by atoms with van der Waals surface area (Å²) in [5, 5.41) is 13.2. The summed E-state index contributed by atoms with van der Waals surface area (Å²) >= 11 is 0. The molecule has 11 nitrogen and oxygen atoms in total. The summed E-state index contributed by atoms with van der Waals surface area (Å²) in [6.07, 6.45) is 5.58. The van der Waals surface area contributed by atoms with E-state index in [9.17, 15) is 19.5 Å². The molecule has 1 fully saturated rings. The van der Waals surface area contributed by atoms with Gasteiger partial charge < -0.3 is 29.8 Å². The number of aromatic nitrogens is 4. The number of aromatic hydroxyl groups is 1. The van der Waals surface area contributed by atoms with E-state index in [1.54, 1.807) is 33.8 Å². The van der Waals surface area contributed by atoms with Crippen molar-refractivity contribution in [2.75, 3.05) is 31.6 Å². The number of likely N-dealkylation sites (N-methyl/N-ethyl adjacent to an activating group) is 1. The van der Waals surface area contributed by atoms with E-state index in [4.69, 9.17) is 0 Å². The standard InChI is InChI=1S/C24H29N7O4/c1-13(2)30-8-9-31-18(10-17(32)21(33)20(31)24(30)35)29(3)7-6-25-23(34)15-11-26-22-19(15)28-16(12-27-22)14-4-5-14/h10-14,33H,4-9H2,1-3H3,(H,25,34)(H,26,27). The van der Waals surface area contributed by atoms with E-state index in [2.05, 4.69) is 20.3 Å². The molecule has 0 saturated heterocycles. The first-order valence-corrected chi connectivity index (χ1v) is 11.9. The van der Waals surface area contributed by atoms with Gasteiger partial charge in [-0.2, -0.15) is 0 Å². The van der Waals surface area contributed by atoms with E-state index < -0.39 is 11.2 Å². The Hall–Kier alpha value is -3.89. The maximum atomic E-state index is 12.9. The Balaban J connectivity index is 1.30. The van der Waals surface area contributed by atoms with Crippen LogP contribution in [0, 0.1) is 0 Å². The van der Waals surface area contributed by atoms with Crippen molar-refractivity contribution >= 4 is 28.8 Å². The van der Waals surface area contributed by atoms with Crippen LogP contribution in [0.5, 0.6) is 5.75 Å². The van der Waals surface area contributed by atoms with E-state index in [-0.39, 0.29) is 23.6 Å². The number of H-pyrrole nitrogens is 1. The number of carbonyl (C=O) groups excluding carboxylic acids is 2. The summed E-state index contributed by atoms with van der Waals surface area (Å²) < 4.78 is 1.68. The summed E-state index contributed by atoms with van der Waals surface area (Å²) in [5.74, 6) is -0.210. The molecule has 3 aromatic heterocycles. The van der Waals surface area contributed by atoms with Crippen molar-refractivity contribution in [3.8, 4) is 5.75 Å². The summed E-state index contributed by atoms with van der Waals surface area (Å²) in [5.41, 5.74) is 1.89. The molecule has 5 rings (SSSR count). The van der Waals surface area contributed by atoms with Gasteiger partial charge in [0.05, 0.1) is 17.5 Å². The molecule has 2 aliphatic rings. The predicted octanol–water partition coefficient (Wildman–Crippen LogP) is 1.43. The van der Waals surface area contributed by atoms with Gasteiger partial charge in [-0.1, -0.05) is 0 Å². The third-order valence-corrected chi connectivity index (χ3v) is 6.68. The molecule has 3 aromatic rings. The normalized spacial score (nSPS) is 15.5. The molecular weight excluding hydrogens is 450 g/mol. The summed E-state index contributed by atoms with van der Waals surface area (Å²) in [6.45, 7) is 5.41. The van der Waals surface area contributed by atoms with Crippen LogP contribution in [0.15, 0.2) is 23.3 Å². The van der Waals surface area contributed by atoms with Crippen LogP contribution in [0.3, 0.4) is 0 Å². The highest BCUT2D eigenvalue weighted by atomic mass is 16.3. The Morgan fingerprint density at radius 2 is 2.09 bits per heavy atom. The van der Waals surface area contributed by atoms with Gasteiger partial charge in [0.15, 0.2) is 17.1 Å². The maximum Gasteiger partial charge on any atom is 0.274 e. The fourth-order valence-electron chi connectivity index (χ4n) is 4.52. The molecule has 4 heterocycles. The van der Waals surface area contributed by atoms with E-state index in [0.717, 1.165) is 18.5 Å². The van der Waals surface area contributed by atoms with Crippen molar-refractivity contribution in [2.24, 2.45) is 0 Å². The topological polar surface area (TPSA) is 136 Å². The van der Waals surface area contributed by atoms with Gasteiger partial charge in [0.25, 0.3) is 11.8 Å². The minimum Gasteiger partial charge on any atom is -0.503 e. The smallest absolute Gasteiger partial charge is 0.274 e. The lowest BCUT2D eigenvalue weighted by Crippen LogP contribution is -2.46. The molecule has 2 amide bonds.